The molecule has 0 radical (unpaired) electrons. The van der Waals surface area contributed by atoms with E-state index in [1.807, 2.05) is 0 Å². The molecule has 1 atom stereocenters. The van der Waals surface area contributed by atoms with E-state index in [1.165, 1.54) is 36.6 Å². The molecule has 1 N–H and O–H groups in total. The van der Waals surface area contributed by atoms with Gasteiger partial charge in [0.1, 0.15) is 5.00 Å². The van der Waals surface area contributed by atoms with E-state index in [4.69, 9.17) is 4.74 Å². The molecule has 0 saturated carbocycles. The molecule has 0 fully saturated rings. The Morgan fingerprint density at radius 2 is 2.06 bits per heavy atom. The van der Waals surface area contributed by atoms with Crippen molar-refractivity contribution in [1.82, 2.24) is 0 Å². The number of nitrogens with one attached hydrogen (secondary N) is 1. The maximum Gasteiger partial charge on any atom is 0.341 e. The molecule has 166 valence electrons. The Labute approximate surface area is 186 Å². The van der Waals surface area contributed by atoms with Gasteiger partial charge in [0.05, 0.1) is 17.6 Å². The van der Waals surface area contributed by atoms with Gasteiger partial charge in [-0.25, -0.2) is 4.79 Å². The fourth-order valence-corrected chi connectivity index (χ4v) is 5.44. The molecule has 31 heavy (non-hydrogen) atoms. The van der Waals surface area contributed by atoms with E-state index in [0.717, 1.165) is 36.1 Å². The fraction of sp³-hybridized carbons (Fsp3) is 0.478. The van der Waals surface area contributed by atoms with Gasteiger partial charge in [-0.3, -0.25) is 14.9 Å². The van der Waals surface area contributed by atoms with Crippen molar-refractivity contribution < 1.29 is 19.2 Å². The lowest BCUT2D eigenvalue weighted by Gasteiger charge is -2.36. The average Bonchev–Trinajstić information content (AvgIpc) is 3.09. The van der Waals surface area contributed by atoms with E-state index in [-0.39, 0.29) is 11.1 Å². The number of esters is 1. The molecule has 1 aromatic carbocycles. The summed E-state index contributed by atoms with van der Waals surface area (Å²) in [5, 5.41) is 14.4. The van der Waals surface area contributed by atoms with Crippen LogP contribution in [0, 0.1) is 28.4 Å². The molecular weight excluding hydrogens is 416 g/mol. The van der Waals surface area contributed by atoms with Crippen molar-refractivity contribution in [3.63, 3.8) is 0 Å². The Morgan fingerprint density at radius 1 is 1.35 bits per heavy atom. The molecule has 1 aliphatic rings. The summed E-state index contributed by atoms with van der Waals surface area (Å²) in [6, 6.07) is 4.23. The molecule has 8 heteroatoms. The number of aryl methyl sites for hydroxylation is 1. The van der Waals surface area contributed by atoms with E-state index in [2.05, 4.69) is 26.1 Å². The molecule has 0 spiro atoms. The number of carbonyl (C=O) groups is 2. The predicted octanol–water partition coefficient (Wildman–Crippen LogP) is 5.54. The van der Waals surface area contributed by atoms with Crippen LogP contribution in [-0.4, -0.2) is 23.9 Å². The minimum absolute atomic E-state index is 0.0389. The van der Waals surface area contributed by atoms with Gasteiger partial charge in [-0.2, -0.15) is 0 Å². The van der Waals surface area contributed by atoms with Crippen LogP contribution in [0.2, 0.25) is 0 Å². The summed E-state index contributed by atoms with van der Waals surface area (Å²) in [6.07, 6.45) is 3.71. The number of hydrogen-bond acceptors (Lipinski definition) is 6. The summed E-state index contributed by atoms with van der Waals surface area (Å²) >= 11 is 1.43. The van der Waals surface area contributed by atoms with Crippen molar-refractivity contribution in [2.75, 3.05) is 12.4 Å². The number of benzene rings is 1. The number of thiophene rings is 1. The monoisotopic (exact) mass is 444 g/mol. The second kappa shape index (κ2) is 8.78. The molecule has 1 amide bonds. The van der Waals surface area contributed by atoms with E-state index in [0.29, 0.717) is 27.6 Å². The van der Waals surface area contributed by atoms with Gasteiger partial charge in [-0.1, -0.05) is 27.2 Å². The fourth-order valence-electron chi connectivity index (χ4n) is 4.12. The van der Waals surface area contributed by atoms with E-state index in [9.17, 15) is 19.7 Å². The first kappa shape index (κ1) is 22.9. The number of fused-ring (bicyclic) bond motifs is 1. The third kappa shape index (κ3) is 4.49. The van der Waals surface area contributed by atoms with E-state index >= 15 is 0 Å². The quantitative estimate of drug-likeness (QED) is 0.358. The average molecular weight is 445 g/mol. The molecule has 1 aromatic heterocycles. The number of hydrogen-bond donors (Lipinski definition) is 1. The lowest BCUT2D eigenvalue weighted by molar-refractivity contribution is -0.385. The van der Waals surface area contributed by atoms with Crippen LogP contribution in [0.5, 0.6) is 0 Å². The standard InChI is InChI=1S/C23H28N2O5S/c1-6-23(3,4)15-8-9-16-18(12-15)31-21(19(16)22(27)30-5)24-20(26)14-7-10-17(25(28)29)13(2)11-14/h7,10-11,15H,6,8-9,12H2,1-5H3,(H,24,26). The number of nitro groups is 1. The van der Waals surface area contributed by atoms with Crippen LogP contribution < -0.4 is 5.32 Å². The Bertz CT molecular complexity index is 1040. The molecule has 7 nitrogen and oxygen atoms in total. The zero-order valence-corrected chi connectivity index (χ0v) is 19.4. The summed E-state index contributed by atoms with van der Waals surface area (Å²) in [5.41, 5.74) is 2.27. The zero-order chi connectivity index (χ0) is 22.9. The topological polar surface area (TPSA) is 98.5 Å². The highest BCUT2D eigenvalue weighted by molar-refractivity contribution is 7.17. The number of methoxy groups -OCH3 is 1. The maximum absolute atomic E-state index is 12.9. The van der Waals surface area contributed by atoms with Gasteiger partial charge in [0.2, 0.25) is 0 Å². The summed E-state index contributed by atoms with van der Waals surface area (Å²) in [6.45, 7) is 8.34. The van der Waals surface area contributed by atoms with Gasteiger partial charge in [0, 0.05) is 22.1 Å². The summed E-state index contributed by atoms with van der Waals surface area (Å²) < 4.78 is 5.01. The van der Waals surface area contributed by atoms with Gasteiger partial charge in [-0.15, -0.1) is 11.3 Å². The lowest BCUT2D eigenvalue weighted by Crippen LogP contribution is -2.28. The number of anilines is 1. The van der Waals surface area contributed by atoms with Crippen LogP contribution in [0.25, 0.3) is 0 Å². The highest BCUT2D eigenvalue weighted by Crippen LogP contribution is 2.45. The Balaban J connectivity index is 1.93. The van der Waals surface area contributed by atoms with Crippen LogP contribution >= 0.6 is 11.3 Å². The maximum atomic E-state index is 12.9. The van der Waals surface area contributed by atoms with E-state index < -0.39 is 16.8 Å². The highest BCUT2D eigenvalue weighted by atomic mass is 32.1. The molecule has 1 heterocycles. The van der Waals surface area contributed by atoms with Crippen molar-refractivity contribution in [2.24, 2.45) is 11.3 Å². The minimum Gasteiger partial charge on any atom is -0.465 e. The molecule has 2 aromatic rings. The number of ether oxygens (including phenoxy) is 1. The lowest BCUT2D eigenvalue weighted by atomic mass is 9.69. The first-order chi connectivity index (χ1) is 14.6. The number of amides is 1. The third-order valence-electron chi connectivity index (χ3n) is 6.55. The molecule has 0 bridgehead atoms. The van der Waals surface area contributed by atoms with Gasteiger partial charge in [0.25, 0.3) is 11.6 Å². The molecule has 1 aliphatic carbocycles. The van der Waals surface area contributed by atoms with Crippen molar-refractivity contribution in [1.29, 1.82) is 0 Å². The number of rotatable bonds is 6. The van der Waals surface area contributed by atoms with Crippen LogP contribution in [-0.2, 0) is 17.6 Å². The summed E-state index contributed by atoms with van der Waals surface area (Å²) in [7, 11) is 1.34. The van der Waals surface area contributed by atoms with Crippen molar-refractivity contribution in [2.45, 2.75) is 53.4 Å². The molecule has 3 rings (SSSR count). The van der Waals surface area contributed by atoms with Crippen molar-refractivity contribution in [3.05, 3.63) is 55.4 Å². The predicted molar refractivity (Wildman–Crippen MR) is 121 cm³/mol. The summed E-state index contributed by atoms with van der Waals surface area (Å²) in [4.78, 5) is 37.1. The van der Waals surface area contributed by atoms with Crippen LogP contribution in [0.1, 0.15) is 70.3 Å². The van der Waals surface area contributed by atoms with Gasteiger partial charge < -0.3 is 10.1 Å². The number of nitrogens with zero attached hydrogens (tertiary/aromatic N) is 1. The van der Waals surface area contributed by atoms with Crippen LogP contribution in [0.15, 0.2) is 18.2 Å². The smallest absolute Gasteiger partial charge is 0.341 e. The zero-order valence-electron chi connectivity index (χ0n) is 18.5. The van der Waals surface area contributed by atoms with Gasteiger partial charge in [0.15, 0.2) is 0 Å². The summed E-state index contributed by atoms with van der Waals surface area (Å²) in [5.74, 6) is -0.358. The highest BCUT2D eigenvalue weighted by Gasteiger charge is 2.35. The largest absolute Gasteiger partial charge is 0.465 e. The van der Waals surface area contributed by atoms with Crippen LogP contribution in [0.3, 0.4) is 0 Å². The van der Waals surface area contributed by atoms with Crippen LogP contribution in [0.4, 0.5) is 10.7 Å². The Kier molecular flexibility index (Phi) is 6.50. The second-order valence-electron chi connectivity index (χ2n) is 8.69. The Morgan fingerprint density at radius 3 is 2.65 bits per heavy atom. The second-order valence-corrected chi connectivity index (χ2v) is 9.80. The first-order valence-electron chi connectivity index (χ1n) is 10.4. The molecular formula is C23H28N2O5S. The molecule has 1 unspecified atom stereocenters. The van der Waals surface area contributed by atoms with Crippen molar-refractivity contribution in [3.8, 4) is 0 Å². The normalized spacial score (nSPS) is 15.8. The van der Waals surface area contributed by atoms with E-state index in [1.54, 1.807) is 6.92 Å². The van der Waals surface area contributed by atoms with Gasteiger partial charge >= 0.3 is 5.97 Å². The SMILES string of the molecule is CCC(C)(C)C1CCc2c(sc(NC(=O)c3ccc([N+](=O)[O-])c(C)c3)c2C(=O)OC)C1. The van der Waals surface area contributed by atoms with Gasteiger partial charge in [-0.05, 0) is 55.2 Å². The number of carbonyl (C=O) groups excluding carboxylic acids is 2. The Hall–Kier alpha value is -2.74. The first-order valence-corrected chi connectivity index (χ1v) is 11.2. The third-order valence-corrected chi connectivity index (χ3v) is 7.72. The minimum atomic E-state index is -0.478. The molecule has 0 aliphatic heterocycles. The molecule has 0 saturated heterocycles. The van der Waals surface area contributed by atoms with Crippen molar-refractivity contribution >= 4 is 33.9 Å². The number of nitro benzene ring substituents is 1.